The van der Waals surface area contributed by atoms with E-state index in [1.165, 1.54) is 12.8 Å². The van der Waals surface area contributed by atoms with Gasteiger partial charge < -0.3 is 10.5 Å². The van der Waals surface area contributed by atoms with E-state index >= 15 is 0 Å². The molecular weight excluding hydrogens is 290 g/mol. The molecule has 1 saturated carbocycles. The van der Waals surface area contributed by atoms with Crippen molar-refractivity contribution in [2.75, 3.05) is 13.7 Å². The van der Waals surface area contributed by atoms with E-state index in [0.717, 1.165) is 6.42 Å². The first kappa shape index (κ1) is 21.5. The van der Waals surface area contributed by atoms with Crippen molar-refractivity contribution in [3.8, 4) is 12.8 Å². The van der Waals surface area contributed by atoms with E-state index in [1.54, 1.807) is 12.0 Å². The lowest BCUT2D eigenvalue weighted by Gasteiger charge is -2.36. The van der Waals surface area contributed by atoms with E-state index < -0.39 is 0 Å². The first-order chi connectivity index (χ1) is 11.0. The minimum Gasteiger partial charge on any atom is -0.385 e. The average molecular weight is 323 g/mol. The fourth-order valence-electron chi connectivity index (χ4n) is 2.72. The van der Waals surface area contributed by atoms with Crippen molar-refractivity contribution >= 4 is 11.9 Å². The lowest BCUT2D eigenvalue weighted by molar-refractivity contribution is -0.131. The summed E-state index contributed by atoms with van der Waals surface area (Å²) < 4.78 is 5.15. The molecule has 5 heteroatoms. The lowest BCUT2D eigenvalue weighted by Crippen LogP contribution is -2.54. The minimum absolute atomic E-state index is 0.0334. The van der Waals surface area contributed by atoms with Crippen molar-refractivity contribution in [3.63, 3.8) is 0 Å². The van der Waals surface area contributed by atoms with E-state index in [-0.39, 0.29) is 18.0 Å². The Morgan fingerprint density at radius 3 is 2.30 bits per heavy atom. The van der Waals surface area contributed by atoms with Crippen LogP contribution in [0.1, 0.15) is 53.4 Å². The van der Waals surface area contributed by atoms with Gasteiger partial charge in [0.2, 0.25) is 5.91 Å². The molecule has 0 aromatic carbocycles. The summed E-state index contributed by atoms with van der Waals surface area (Å²) in [7, 11) is 1.69. The summed E-state index contributed by atoms with van der Waals surface area (Å²) in [4.78, 5) is 18.6. The Bertz CT molecular complexity index is 400. The summed E-state index contributed by atoms with van der Waals surface area (Å²) in [6.07, 6.45) is 11.7. The molecule has 2 unspecified atom stereocenters. The van der Waals surface area contributed by atoms with E-state index in [4.69, 9.17) is 10.5 Å². The Kier molecular flexibility index (Phi) is 10.3. The third kappa shape index (κ3) is 6.23. The maximum Gasteiger partial charge on any atom is 0.231 e. The molecule has 2 N–H and O–H groups in total. The molecule has 1 heterocycles. The molecule has 0 bridgehead atoms. The van der Waals surface area contributed by atoms with Gasteiger partial charge in [-0.2, -0.15) is 0 Å². The quantitative estimate of drug-likeness (QED) is 0.764. The zero-order chi connectivity index (χ0) is 18.0. The molecule has 2 atom stereocenters. The van der Waals surface area contributed by atoms with Crippen LogP contribution in [0.15, 0.2) is 4.99 Å². The Morgan fingerprint density at radius 2 is 1.91 bits per heavy atom. The molecule has 1 amide bonds. The van der Waals surface area contributed by atoms with Crippen LogP contribution in [0, 0.1) is 24.7 Å². The van der Waals surface area contributed by atoms with Crippen LogP contribution in [-0.2, 0) is 9.53 Å². The summed E-state index contributed by atoms with van der Waals surface area (Å²) in [6, 6.07) is 0.204. The second kappa shape index (κ2) is 11.1. The smallest absolute Gasteiger partial charge is 0.231 e. The normalized spacial score (nSPS) is 21.6. The maximum atomic E-state index is 12.4. The summed E-state index contributed by atoms with van der Waals surface area (Å²) in [5, 5.41) is 0. The largest absolute Gasteiger partial charge is 0.385 e. The summed E-state index contributed by atoms with van der Waals surface area (Å²) in [5.74, 6) is 1.45. The van der Waals surface area contributed by atoms with Crippen LogP contribution in [0.3, 0.4) is 0 Å². The first-order valence-corrected chi connectivity index (χ1v) is 8.52. The summed E-state index contributed by atoms with van der Waals surface area (Å²) in [5.41, 5.74) is 6.05. The number of rotatable bonds is 6. The van der Waals surface area contributed by atoms with Crippen molar-refractivity contribution in [2.24, 2.45) is 22.6 Å². The molecule has 0 saturated heterocycles. The van der Waals surface area contributed by atoms with Gasteiger partial charge in [0.05, 0.1) is 12.5 Å². The molecule has 23 heavy (non-hydrogen) atoms. The number of methoxy groups -OCH3 is 1. The summed E-state index contributed by atoms with van der Waals surface area (Å²) >= 11 is 0. The second-order valence-electron chi connectivity index (χ2n) is 5.95. The van der Waals surface area contributed by atoms with Gasteiger partial charge in [0.1, 0.15) is 0 Å². The number of hydrogen-bond acceptors (Lipinski definition) is 4. The number of amides is 1. The second-order valence-corrected chi connectivity index (χ2v) is 5.95. The van der Waals surface area contributed by atoms with Crippen molar-refractivity contribution in [1.82, 2.24) is 4.90 Å². The fraction of sp³-hybridized carbons (Fsp3) is 0.778. The zero-order valence-electron chi connectivity index (χ0n) is 15.3. The number of hydrogen-bond donors (Lipinski definition) is 1. The van der Waals surface area contributed by atoms with Gasteiger partial charge in [-0.25, -0.2) is 4.99 Å². The maximum absolute atomic E-state index is 12.4. The molecule has 2 aliphatic rings. The number of guanidine groups is 1. The molecule has 5 nitrogen and oxygen atoms in total. The van der Waals surface area contributed by atoms with Crippen molar-refractivity contribution in [1.29, 1.82) is 0 Å². The number of carbonyl (C=O) groups excluding carboxylic acids is 1. The number of nitrogens with zero attached hydrogens (tertiary/aromatic N) is 2. The highest BCUT2D eigenvalue weighted by atomic mass is 16.5. The Labute approximate surface area is 141 Å². The molecule has 1 aliphatic carbocycles. The van der Waals surface area contributed by atoms with Gasteiger partial charge in [0.15, 0.2) is 5.96 Å². The van der Waals surface area contributed by atoms with Crippen LogP contribution in [0.2, 0.25) is 0 Å². The third-order valence-corrected chi connectivity index (χ3v) is 4.08. The summed E-state index contributed by atoms with van der Waals surface area (Å²) in [6.45, 7) is 8.81. The average Bonchev–Trinajstić information content (AvgIpc) is 3.38. The van der Waals surface area contributed by atoms with E-state index in [2.05, 4.69) is 31.7 Å². The van der Waals surface area contributed by atoms with Crippen LogP contribution in [0.25, 0.3) is 0 Å². The molecular formula is C18H33N3O2. The molecule has 0 aromatic rings. The topological polar surface area (TPSA) is 67.9 Å². The third-order valence-electron chi connectivity index (χ3n) is 4.08. The highest BCUT2D eigenvalue weighted by molar-refractivity contribution is 5.99. The number of nitrogens with two attached hydrogens (primary N) is 1. The van der Waals surface area contributed by atoms with Crippen LogP contribution < -0.4 is 5.73 Å². The van der Waals surface area contributed by atoms with Gasteiger partial charge in [0.25, 0.3) is 0 Å². The van der Waals surface area contributed by atoms with Gasteiger partial charge >= 0.3 is 0 Å². The number of aliphatic imine (C=N–C) groups is 1. The number of carbonyl (C=O) groups is 1. The molecule has 1 fully saturated rings. The fourth-order valence-corrected chi connectivity index (χ4v) is 2.72. The van der Waals surface area contributed by atoms with Gasteiger partial charge in [0, 0.05) is 19.8 Å². The van der Waals surface area contributed by atoms with Gasteiger partial charge in [-0.3, -0.25) is 9.69 Å². The highest BCUT2D eigenvalue weighted by Gasteiger charge is 2.41. The number of terminal acetylenes is 1. The predicted molar refractivity (Wildman–Crippen MR) is 96.0 cm³/mol. The monoisotopic (exact) mass is 323 g/mol. The van der Waals surface area contributed by atoms with Gasteiger partial charge in [-0.1, -0.05) is 27.7 Å². The van der Waals surface area contributed by atoms with E-state index in [0.29, 0.717) is 30.8 Å². The van der Waals surface area contributed by atoms with E-state index in [1.807, 2.05) is 13.8 Å². The van der Waals surface area contributed by atoms with Crippen LogP contribution in [0.5, 0.6) is 0 Å². The Morgan fingerprint density at radius 1 is 1.35 bits per heavy atom. The molecule has 132 valence electrons. The Hall–Kier alpha value is -1.54. The van der Waals surface area contributed by atoms with E-state index in [9.17, 15) is 4.79 Å². The SMILES string of the molecule is C#C.CC.COCCC(C1CC1)N1C(=O)CC(C(C)C)N=C1N. The Balaban J connectivity index is 0.00000112. The van der Waals surface area contributed by atoms with Crippen molar-refractivity contribution in [2.45, 2.75) is 65.5 Å². The molecule has 0 spiro atoms. The molecule has 1 aliphatic heterocycles. The molecule has 2 rings (SSSR count). The van der Waals surface area contributed by atoms with Crippen LogP contribution in [-0.4, -0.2) is 42.6 Å². The standard InChI is InChI=1S/C14H25N3O2.C2H6.C2H2/c1-9(2)11-8-13(18)17(14(15)16-11)12(6-7-19-3)10-4-5-10;2*1-2/h9-12H,4-8H2,1-3H3,(H2,15,16);1-2H3;1-2H. The van der Waals surface area contributed by atoms with Crippen molar-refractivity contribution < 1.29 is 9.53 Å². The number of ether oxygens (including phenoxy) is 1. The first-order valence-electron chi connectivity index (χ1n) is 8.52. The molecule has 0 aromatic heterocycles. The minimum atomic E-state index is 0.0334. The highest BCUT2D eigenvalue weighted by Crippen LogP contribution is 2.38. The van der Waals surface area contributed by atoms with Gasteiger partial charge in [-0.05, 0) is 31.1 Å². The molecule has 0 radical (unpaired) electrons. The predicted octanol–water partition coefficient (Wildman–Crippen LogP) is 2.65. The van der Waals surface area contributed by atoms with Gasteiger partial charge in [-0.15, -0.1) is 12.8 Å². The lowest BCUT2D eigenvalue weighted by atomic mass is 9.98. The van der Waals surface area contributed by atoms with Crippen molar-refractivity contribution in [3.05, 3.63) is 0 Å². The van der Waals surface area contributed by atoms with Crippen LogP contribution in [0.4, 0.5) is 0 Å². The zero-order valence-corrected chi connectivity index (χ0v) is 15.3. The van der Waals surface area contributed by atoms with Crippen LogP contribution >= 0.6 is 0 Å².